The molecule has 7 nitrogen and oxygen atoms in total. The molecule has 0 saturated carbocycles. The average Bonchev–Trinajstić information content (AvgIpc) is 3.16. The molecule has 1 saturated heterocycles. The maximum Gasteiger partial charge on any atom is 0.205 e. The van der Waals surface area contributed by atoms with Crippen molar-refractivity contribution < 1.29 is 0 Å². The lowest BCUT2D eigenvalue weighted by Gasteiger charge is -2.24. The minimum absolute atomic E-state index is 0.740. The van der Waals surface area contributed by atoms with E-state index in [-0.39, 0.29) is 0 Å². The summed E-state index contributed by atoms with van der Waals surface area (Å²) < 4.78 is 4.45. The van der Waals surface area contributed by atoms with Crippen molar-refractivity contribution in [3.8, 4) is 11.4 Å². The van der Waals surface area contributed by atoms with Crippen LogP contribution in [0.5, 0.6) is 0 Å². The highest BCUT2D eigenvalue weighted by Crippen LogP contribution is 2.29. The van der Waals surface area contributed by atoms with Crippen molar-refractivity contribution in [2.75, 3.05) is 36.0 Å². The number of rotatable bonds is 4. The van der Waals surface area contributed by atoms with E-state index >= 15 is 0 Å². The van der Waals surface area contributed by atoms with Gasteiger partial charge in [0.05, 0.1) is 5.52 Å². The zero-order chi connectivity index (χ0) is 20.3. The molecule has 0 atom stereocenters. The van der Waals surface area contributed by atoms with Gasteiger partial charge in [0.1, 0.15) is 11.6 Å². The highest BCUT2D eigenvalue weighted by molar-refractivity contribution is 7.09. The van der Waals surface area contributed by atoms with Crippen molar-refractivity contribution in [2.24, 2.45) is 0 Å². The Morgan fingerprint density at radius 1 is 0.900 bits per heavy atom. The van der Waals surface area contributed by atoms with E-state index < -0.39 is 0 Å². The number of aryl methyl sites for hydroxylation is 1. The van der Waals surface area contributed by atoms with E-state index in [2.05, 4.69) is 49.3 Å². The molecule has 30 heavy (non-hydrogen) atoms. The number of nitrogens with zero attached hydrogens (tertiary/aromatic N) is 7. The second kappa shape index (κ2) is 8.31. The molecule has 0 bridgehead atoms. The summed E-state index contributed by atoms with van der Waals surface area (Å²) in [7, 11) is 0. The molecule has 1 aliphatic heterocycles. The molecule has 5 rings (SSSR count). The van der Waals surface area contributed by atoms with Gasteiger partial charge in [-0.1, -0.05) is 19.1 Å². The van der Waals surface area contributed by atoms with E-state index in [1.807, 2.05) is 18.2 Å². The van der Waals surface area contributed by atoms with Gasteiger partial charge in [-0.25, -0.2) is 15.0 Å². The van der Waals surface area contributed by atoms with Gasteiger partial charge in [0, 0.05) is 67.5 Å². The molecule has 0 unspecified atom stereocenters. The number of fused-ring (bicyclic) bond motifs is 1. The van der Waals surface area contributed by atoms with Crippen molar-refractivity contribution in [1.82, 2.24) is 24.3 Å². The number of hydrogen-bond donors (Lipinski definition) is 0. The lowest BCUT2D eigenvalue weighted by molar-refractivity contribution is 0.798. The van der Waals surface area contributed by atoms with Gasteiger partial charge in [0.25, 0.3) is 0 Å². The predicted octanol–water partition coefficient (Wildman–Crippen LogP) is 3.82. The number of para-hydroxylation sites is 1. The summed E-state index contributed by atoms with van der Waals surface area (Å²) in [5.74, 6) is 2.67. The second-order valence-electron chi connectivity index (χ2n) is 7.30. The summed E-state index contributed by atoms with van der Waals surface area (Å²) in [4.78, 5) is 23.3. The molecule has 0 amide bonds. The smallest absolute Gasteiger partial charge is 0.205 e. The monoisotopic (exact) mass is 417 g/mol. The van der Waals surface area contributed by atoms with Crippen LogP contribution in [0.25, 0.3) is 22.3 Å². The topological polar surface area (TPSA) is 70.9 Å². The van der Waals surface area contributed by atoms with E-state index in [1.165, 1.54) is 11.5 Å². The minimum Gasteiger partial charge on any atom is -0.354 e. The molecule has 4 aromatic rings. The maximum absolute atomic E-state index is 4.99. The molecule has 1 aromatic carbocycles. The minimum atomic E-state index is 0.740. The first-order chi connectivity index (χ1) is 14.8. The third kappa shape index (κ3) is 3.70. The third-order valence-electron chi connectivity index (χ3n) is 5.36. The first-order valence-electron chi connectivity index (χ1n) is 10.3. The van der Waals surface area contributed by atoms with Crippen LogP contribution in [0.1, 0.15) is 19.2 Å². The van der Waals surface area contributed by atoms with Crippen LogP contribution in [-0.2, 0) is 6.42 Å². The summed E-state index contributed by atoms with van der Waals surface area (Å²) >= 11 is 1.50. The van der Waals surface area contributed by atoms with Gasteiger partial charge in [0.15, 0.2) is 5.82 Å². The van der Waals surface area contributed by atoms with E-state index in [1.54, 1.807) is 12.4 Å². The van der Waals surface area contributed by atoms with Gasteiger partial charge in [0.2, 0.25) is 5.13 Å². The van der Waals surface area contributed by atoms with Crippen molar-refractivity contribution in [3.63, 3.8) is 0 Å². The standard InChI is InChI=1S/C22H23N7S/c1-2-19-25-22(30-27-19)29-13-5-12-28(14-15-29)21-17-6-3-4-7-18(17)24-20(26-21)16-8-10-23-11-9-16/h3-4,6-11H,2,5,12-15H2,1H3. The molecule has 1 fully saturated rings. The van der Waals surface area contributed by atoms with Gasteiger partial charge in [-0.3, -0.25) is 4.98 Å². The van der Waals surface area contributed by atoms with Crippen molar-refractivity contribution in [1.29, 1.82) is 0 Å². The molecule has 0 N–H and O–H groups in total. The number of hydrogen-bond acceptors (Lipinski definition) is 8. The van der Waals surface area contributed by atoms with Crippen molar-refractivity contribution >= 4 is 33.4 Å². The highest BCUT2D eigenvalue weighted by atomic mass is 32.1. The fourth-order valence-electron chi connectivity index (χ4n) is 3.77. The Morgan fingerprint density at radius 3 is 2.53 bits per heavy atom. The molecule has 0 spiro atoms. The van der Waals surface area contributed by atoms with Crippen LogP contribution in [0.15, 0.2) is 48.8 Å². The quantitative estimate of drug-likeness (QED) is 0.500. The lowest BCUT2D eigenvalue weighted by Crippen LogP contribution is -2.31. The number of aromatic nitrogens is 5. The van der Waals surface area contributed by atoms with Crippen molar-refractivity contribution in [3.05, 3.63) is 54.6 Å². The zero-order valence-corrected chi connectivity index (χ0v) is 17.7. The second-order valence-corrected chi connectivity index (χ2v) is 8.03. The SMILES string of the molecule is CCc1nsc(N2CCCN(c3nc(-c4ccncc4)nc4ccccc34)CC2)n1. The van der Waals surface area contributed by atoms with Crippen LogP contribution in [0, 0.1) is 0 Å². The van der Waals surface area contributed by atoms with E-state index in [9.17, 15) is 0 Å². The van der Waals surface area contributed by atoms with Crippen LogP contribution >= 0.6 is 11.5 Å². The Balaban J connectivity index is 1.48. The predicted molar refractivity (Wildman–Crippen MR) is 121 cm³/mol. The molecule has 4 heterocycles. The molecule has 8 heteroatoms. The molecule has 152 valence electrons. The molecular weight excluding hydrogens is 394 g/mol. The summed E-state index contributed by atoms with van der Waals surface area (Å²) in [6.45, 7) is 5.82. The molecule has 0 aliphatic carbocycles. The summed E-state index contributed by atoms with van der Waals surface area (Å²) in [5, 5.41) is 2.12. The van der Waals surface area contributed by atoms with Crippen LogP contribution in [0.3, 0.4) is 0 Å². The average molecular weight is 418 g/mol. The number of anilines is 2. The van der Waals surface area contributed by atoms with Crippen LogP contribution < -0.4 is 9.80 Å². The molecule has 1 aliphatic rings. The van der Waals surface area contributed by atoms with Gasteiger partial charge in [-0.15, -0.1) is 0 Å². The van der Waals surface area contributed by atoms with Crippen LogP contribution in [0.4, 0.5) is 10.9 Å². The Labute approximate surface area is 179 Å². The first-order valence-corrected chi connectivity index (χ1v) is 11.1. The Hall–Kier alpha value is -3.13. The summed E-state index contributed by atoms with van der Waals surface area (Å²) in [6, 6.07) is 12.2. The van der Waals surface area contributed by atoms with Crippen LogP contribution in [0.2, 0.25) is 0 Å². The zero-order valence-electron chi connectivity index (χ0n) is 16.9. The largest absolute Gasteiger partial charge is 0.354 e. The summed E-state index contributed by atoms with van der Waals surface area (Å²) in [5.41, 5.74) is 1.95. The molecular formula is C22H23N7S. The fourth-order valence-corrected chi connectivity index (χ4v) is 4.57. The maximum atomic E-state index is 4.99. The summed E-state index contributed by atoms with van der Waals surface area (Å²) in [6.07, 6.45) is 5.49. The molecule has 3 aromatic heterocycles. The number of pyridine rings is 1. The Morgan fingerprint density at radius 2 is 1.70 bits per heavy atom. The third-order valence-corrected chi connectivity index (χ3v) is 6.18. The fraction of sp³-hybridized carbons (Fsp3) is 0.318. The van der Waals surface area contributed by atoms with Gasteiger partial charge >= 0.3 is 0 Å². The highest BCUT2D eigenvalue weighted by Gasteiger charge is 2.21. The van der Waals surface area contributed by atoms with Gasteiger partial charge in [-0.2, -0.15) is 4.37 Å². The molecule has 0 radical (unpaired) electrons. The lowest BCUT2D eigenvalue weighted by atomic mass is 10.2. The normalized spacial score (nSPS) is 14.8. The van der Waals surface area contributed by atoms with Gasteiger partial charge < -0.3 is 9.80 Å². The van der Waals surface area contributed by atoms with Crippen molar-refractivity contribution in [2.45, 2.75) is 19.8 Å². The Kier molecular flexibility index (Phi) is 5.23. The van der Waals surface area contributed by atoms with E-state index in [0.29, 0.717) is 0 Å². The van der Waals surface area contributed by atoms with Gasteiger partial charge in [-0.05, 0) is 30.7 Å². The van der Waals surface area contributed by atoms with E-state index in [4.69, 9.17) is 9.97 Å². The Bertz CT molecular complexity index is 1140. The first kappa shape index (κ1) is 18.9. The van der Waals surface area contributed by atoms with Crippen LogP contribution in [-0.4, -0.2) is 50.5 Å². The van der Waals surface area contributed by atoms with E-state index in [0.717, 1.165) is 78.1 Å². The number of benzene rings is 1.